The van der Waals surface area contributed by atoms with Crippen LogP contribution in [0.2, 0.25) is 0 Å². The van der Waals surface area contributed by atoms with Gasteiger partial charge in [0.05, 0.1) is 5.92 Å². The van der Waals surface area contributed by atoms with Crippen LogP contribution in [0.15, 0.2) is 9.42 Å². The molecule has 140 valence electrons. The van der Waals surface area contributed by atoms with E-state index < -0.39 is 10.0 Å². The summed E-state index contributed by atoms with van der Waals surface area (Å²) >= 11 is 0. The van der Waals surface area contributed by atoms with Crippen LogP contribution in [0.4, 0.5) is 0 Å². The summed E-state index contributed by atoms with van der Waals surface area (Å²) in [6.07, 6.45) is 6.25. The van der Waals surface area contributed by atoms with Crippen molar-refractivity contribution in [3.05, 3.63) is 11.5 Å². The van der Waals surface area contributed by atoms with Crippen LogP contribution in [0.3, 0.4) is 0 Å². The third kappa shape index (κ3) is 3.89. The van der Waals surface area contributed by atoms with E-state index in [9.17, 15) is 13.2 Å². The fourth-order valence-electron chi connectivity index (χ4n) is 3.95. The zero-order valence-corrected chi connectivity index (χ0v) is 15.8. The summed E-state index contributed by atoms with van der Waals surface area (Å²) in [5, 5.41) is 6.78. The monoisotopic (exact) mass is 369 g/mol. The third-order valence-electron chi connectivity index (χ3n) is 5.36. The normalized spacial score (nSPS) is 23.0. The Kier molecular flexibility index (Phi) is 5.48. The first-order valence-electron chi connectivity index (χ1n) is 9.10. The molecule has 2 heterocycles. The van der Waals surface area contributed by atoms with Gasteiger partial charge in [0, 0.05) is 19.6 Å². The molecule has 1 aromatic heterocycles. The van der Waals surface area contributed by atoms with Crippen molar-refractivity contribution >= 4 is 15.9 Å². The molecule has 1 saturated carbocycles. The van der Waals surface area contributed by atoms with Crippen molar-refractivity contribution in [2.45, 2.75) is 57.3 Å². The Morgan fingerprint density at radius 3 is 2.60 bits per heavy atom. The highest BCUT2D eigenvalue weighted by molar-refractivity contribution is 7.89. The number of nitrogens with one attached hydrogen (secondary N) is 1. The smallest absolute Gasteiger partial charge is 0.248 e. The van der Waals surface area contributed by atoms with Gasteiger partial charge in [-0.15, -0.1) is 0 Å². The Bertz CT molecular complexity index is 703. The number of aryl methyl sites for hydroxylation is 2. The van der Waals surface area contributed by atoms with Gasteiger partial charge in [0.15, 0.2) is 5.76 Å². The van der Waals surface area contributed by atoms with Crippen molar-refractivity contribution in [3.63, 3.8) is 0 Å². The van der Waals surface area contributed by atoms with E-state index in [1.54, 1.807) is 13.8 Å². The molecule has 1 amide bonds. The van der Waals surface area contributed by atoms with E-state index in [-0.39, 0.29) is 23.3 Å². The van der Waals surface area contributed by atoms with Gasteiger partial charge < -0.3 is 9.84 Å². The number of hydrogen-bond acceptors (Lipinski definition) is 5. The van der Waals surface area contributed by atoms with Crippen LogP contribution < -0.4 is 5.32 Å². The predicted octanol–water partition coefficient (Wildman–Crippen LogP) is 2.00. The van der Waals surface area contributed by atoms with Crippen LogP contribution in [0.25, 0.3) is 0 Å². The van der Waals surface area contributed by atoms with Gasteiger partial charge in [0.1, 0.15) is 10.6 Å². The lowest BCUT2D eigenvalue weighted by Gasteiger charge is -2.31. The van der Waals surface area contributed by atoms with E-state index in [1.807, 2.05) is 0 Å². The number of aromatic nitrogens is 1. The molecule has 1 aliphatic heterocycles. The van der Waals surface area contributed by atoms with Crippen molar-refractivity contribution in [1.29, 1.82) is 0 Å². The van der Waals surface area contributed by atoms with E-state index in [4.69, 9.17) is 4.52 Å². The van der Waals surface area contributed by atoms with Crippen LogP contribution in [0.5, 0.6) is 0 Å². The second kappa shape index (κ2) is 7.45. The van der Waals surface area contributed by atoms with E-state index in [0.717, 1.165) is 6.42 Å². The quantitative estimate of drug-likeness (QED) is 0.857. The summed E-state index contributed by atoms with van der Waals surface area (Å²) in [6, 6.07) is 0. The predicted molar refractivity (Wildman–Crippen MR) is 92.4 cm³/mol. The van der Waals surface area contributed by atoms with Gasteiger partial charge in [0.2, 0.25) is 15.9 Å². The molecule has 1 N–H and O–H groups in total. The van der Waals surface area contributed by atoms with Gasteiger partial charge in [-0.05, 0) is 45.4 Å². The van der Waals surface area contributed by atoms with Crippen molar-refractivity contribution < 1.29 is 17.7 Å². The molecule has 25 heavy (non-hydrogen) atoms. The van der Waals surface area contributed by atoms with E-state index in [0.29, 0.717) is 36.9 Å². The average Bonchev–Trinajstić information content (AvgIpc) is 3.22. The lowest BCUT2D eigenvalue weighted by atomic mass is 9.98. The molecule has 2 aliphatic rings. The van der Waals surface area contributed by atoms with E-state index in [2.05, 4.69) is 10.5 Å². The van der Waals surface area contributed by atoms with Gasteiger partial charge >= 0.3 is 0 Å². The Balaban J connectivity index is 1.65. The zero-order chi connectivity index (χ0) is 18.0. The fraction of sp³-hybridized carbons (Fsp3) is 0.765. The molecule has 8 heteroatoms. The van der Waals surface area contributed by atoms with Gasteiger partial charge in [-0.2, -0.15) is 4.31 Å². The largest absolute Gasteiger partial charge is 0.360 e. The molecule has 7 nitrogen and oxygen atoms in total. The van der Waals surface area contributed by atoms with Crippen molar-refractivity contribution in [2.24, 2.45) is 11.8 Å². The van der Waals surface area contributed by atoms with E-state index in [1.165, 1.54) is 30.0 Å². The Hall–Kier alpha value is -1.41. The maximum Gasteiger partial charge on any atom is 0.248 e. The SMILES string of the molecule is Cc1noc(C)c1S(=O)(=O)N1CCCC(C(=O)NCC2CCCC2)C1. The highest BCUT2D eigenvalue weighted by Crippen LogP contribution is 2.28. The second-order valence-corrected chi connectivity index (χ2v) is 9.13. The van der Waals surface area contributed by atoms with Gasteiger partial charge in [-0.1, -0.05) is 18.0 Å². The van der Waals surface area contributed by atoms with E-state index >= 15 is 0 Å². The third-order valence-corrected chi connectivity index (χ3v) is 7.47. The zero-order valence-electron chi connectivity index (χ0n) is 15.0. The first kappa shape index (κ1) is 18.4. The summed E-state index contributed by atoms with van der Waals surface area (Å²) in [5.74, 6) is 0.566. The van der Waals surface area contributed by atoms with Crippen molar-refractivity contribution in [3.8, 4) is 0 Å². The van der Waals surface area contributed by atoms with Crippen molar-refractivity contribution in [2.75, 3.05) is 19.6 Å². The van der Waals surface area contributed by atoms with Gasteiger partial charge in [-0.25, -0.2) is 8.42 Å². The summed E-state index contributed by atoms with van der Waals surface area (Å²) in [7, 11) is -3.68. The fourth-order valence-corrected chi connectivity index (χ4v) is 5.77. The molecule has 1 aliphatic carbocycles. The minimum absolute atomic E-state index is 0.0226. The molecule has 2 fully saturated rings. The highest BCUT2D eigenvalue weighted by Gasteiger charge is 2.36. The van der Waals surface area contributed by atoms with Gasteiger partial charge in [-0.3, -0.25) is 4.79 Å². The molecular formula is C17H27N3O4S. The minimum Gasteiger partial charge on any atom is -0.360 e. The number of carbonyl (C=O) groups excluding carboxylic acids is 1. The Morgan fingerprint density at radius 2 is 1.96 bits per heavy atom. The first-order valence-corrected chi connectivity index (χ1v) is 10.5. The molecule has 3 rings (SSSR count). The molecule has 0 aromatic carbocycles. The summed E-state index contributed by atoms with van der Waals surface area (Å²) in [6.45, 7) is 4.59. The lowest BCUT2D eigenvalue weighted by Crippen LogP contribution is -2.46. The maximum absolute atomic E-state index is 12.9. The van der Waals surface area contributed by atoms with Crippen LogP contribution in [-0.2, 0) is 14.8 Å². The first-order chi connectivity index (χ1) is 11.9. The number of rotatable bonds is 5. The average molecular weight is 369 g/mol. The number of hydrogen-bond donors (Lipinski definition) is 1. The minimum atomic E-state index is -3.68. The van der Waals surface area contributed by atoms with Crippen LogP contribution in [-0.4, -0.2) is 43.4 Å². The molecule has 0 radical (unpaired) electrons. The lowest BCUT2D eigenvalue weighted by molar-refractivity contribution is -0.126. The number of amides is 1. The highest BCUT2D eigenvalue weighted by atomic mass is 32.2. The molecule has 1 saturated heterocycles. The number of piperidine rings is 1. The molecule has 1 atom stereocenters. The van der Waals surface area contributed by atoms with Crippen LogP contribution >= 0.6 is 0 Å². The Morgan fingerprint density at radius 1 is 1.24 bits per heavy atom. The summed E-state index contributed by atoms with van der Waals surface area (Å²) < 4.78 is 32.3. The molecule has 0 bridgehead atoms. The van der Waals surface area contributed by atoms with Crippen LogP contribution in [0, 0.1) is 25.7 Å². The molecule has 1 unspecified atom stereocenters. The topological polar surface area (TPSA) is 92.5 Å². The van der Waals surface area contributed by atoms with Crippen molar-refractivity contribution in [1.82, 2.24) is 14.8 Å². The van der Waals surface area contributed by atoms with Crippen LogP contribution in [0.1, 0.15) is 50.0 Å². The maximum atomic E-state index is 12.9. The number of carbonyl (C=O) groups is 1. The molecule has 0 spiro atoms. The Labute approximate surface area is 149 Å². The number of sulfonamides is 1. The second-order valence-electron chi connectivity index (χ2n) is 7.25. The number of nitrogens with zero attached hydrogens (tertiary/aromatic N) is 2. The summed E-state index contributed by atoms with van der Waals surface area (Å²) in [4.78, 5) is 12.6. The molecular weight excluding hydrogens is 342 g/mol. The summed E-state index contributed by atoms with van der Waals surface area (Å²) in [5.41, 5.74) is 0.366. The standard InChI is InChI=1S/C17H27N3O4S/c1-12-16(13(2)24-19-12)25(22,23)20-9-5-8-15(11-20)17(21)18-10-14-6-3-4-7-14/h14-15H,3-11H2,1-2H3,(H,18,21). The van der Waals surface area contributed by atoms with Gasteiger partial charge in [0.25, 0.3) is 0 Å². The molecule has 1 aromatic rings.